The zero-order valence-electron chi connectivity index (χ0n) is 10.5. The third kappa shape index (κ3) is 2.22. The van der Waals surface area contributed by atoms with Crippen molar-refractivity contribution in [2.45, 2.75) is 20.4 Å². The van der Waals surface area contributed by atoms with Gasteiger partial charge in [-0.2, -0.15) is 5.10 Å². The Morgan fingerprint density at radius 3 is 2.89 bits per heavy atom. The summed E-state index contributed by atoms with van der Waals surface area (Å²) in [6.07, 6.45) is 1.77. The van der Waals surface area contributed by atoms with E-state index in [0.717, 1.165) is 12.1 Å². The summed E-state index contributed by atoms with van der Waals surface area (Å²) in [5.74, 6) is 0. The van der Waals surface area contributed by atoms with Crippen molar-refractivity contribution < 1.29 is 0 Å². The quantitative estimate of drug-likeness (QED) is 0.505. The lowest BCUT2D eigenvalue weighted by atomic mass is 10.1. The van der Waals surface area contributed by atoms with Crippen LogP contribution in [0, 0.1) is 6.92 Å². The minimum absolute atomic E-state index is 0.170. The maximum atomic E-state index is 5.34. The summed E-state index contributed by atoms with van der Waals surface area (Å²) in [6, 6.07) is 8.28. The van der Waals surface area contributed by atoms with Crippen LogP contribution < -0.4 is 11.2 Å². The highest BCUT2D eigenvalue weighted by Crippen LogP contribution is 2.24. The molecule has 0 bridgehead atoms. The zero-order valence-corrected chi connectivity index (χ0v) is 11.3. The highest BCUT2D eigenvalue weighted by atomic mass is 32.1. The molecule has 0 spiro atoms. The molecular formula is C13H16N4S. The average Bonchev–Trinajstić information content (AvgIpc) is 2.62. The first-order chi connectivity index (χ1) is 8.65. The first-order valence-corrected chi connectivity index (χ1v) is 6.22. The number of nitrogens with one attached hydrogen (secondary N) is 1. The van der Waals surface area contributed by atoms with Gasteiger partial charge in [0.05, 0.1) is 6.21 Å². The van der Waals surface area contributed by atoms with Crippen molar-refractivity contribution in [2.75, 3.05) is 0 Å². The number of nitrogens with zero attached hydrogens (tertiary/aromatic N) is 2. The number of aromatic nitrogens is 1. The molecule has 0 radical (unpaired) electrons. The number of rotatable bonds is 3. The molecular weight excluding hydrogens is 244 g/mol. The fraction of sp³-hybridized carbons (Fsp3) is 0.231. The second-order valence-electron chi connectivity index (χ2n) is 3.99. The molecule has 0 aliphatic rings. The van der Waals surface area contributed by atoms with Gasteiger partial charge in [0, 0.05) is 28.7 Å². The van der Waals surface area contributed by atoms with Crippen LogP contribution in [-0.4, -0.2) is 15.9 Å². The second-order valence-corrected chi connectivity index (χ2v) is 4.43. The zero-order chi connectivity index (χ0) is 13.1. The van der Waals surface area contributed by atoms with Crippen molar-refractivity contribution in [2.24, 2.45) is 10.8 Å². The molecule has 1 aromatic carbocycles. The molecule has 3 N–H and O–H groups in total. The largest absolute Gasteiger partial charge is 0.375 e. The topological polar surface area (TPSA) is 55.3 Å². The van der Waals surface area contributed by atoms with E-state index in [9.17, 15) is 0 Å². The molecule has 18 heavy (non-hydrogen) atoms. The van der Waals surface area contributed by atoms with Crippen molar-refractivity contribution in [3.05, 3.63) is 35.5 Å². The van der Waals surface area contributed by atoms with E-state index in [2.05, 4.69) is 41.1 Å². The summed E-state index contributed by atoms with van der Waals surface area (Å²) < 4.78 is 2.26. The predicted octanol–water partition coefficient (Wildman–Crippen LogP) is 2.14. The molecule has 2 rings (SSSR count). The maximum absolute atomic E-state index is 5.34. The van der Waals surface area contributed by atoms with Crippen molar-refractivity contribution in [3.8, 4) is 0 Å². The van der Waals surface area contributed by atoms with Gasteiger partial charge in [-0.05, 0) is 32.1 Å². The molecule has 4 nitrogen and oxygen atoms in total. The van der Waals surface area contributed by atoms with Gasteiger partial charge in [0.1, 0.15) is 0 Å². The molecule has 0 aliphatic carbocycles. The van der Waals surface area contributed by atoms with E-state index < -0.39 is 0 Å². The Labute approximate surface area is 111 Å². The summed E-state index contributed by atoms with van der Waals surface area (Å²) >= 11 is 4.72. The van der Waals surface area contributed by atoms with E-state index in [-0.39, 0.29) is 5.11 Å². The smallest absolute Gasteiger partial charge is 0.184 e. The Morgan fingerprint density at radius 1 is 1.50 bits per heavy atom. The summed E-state index contributed by atoms with van der Waals surface area (Å²) in [6.45, 7) is 5.15. The van der Waals surface area contributed by atoms with Crippen LogP contribution in [0.4, 0.5) is 0 Å². The summed E-state index contributed by atoms with van der Waals surface area (Å²) in [4.78, 5) is 0. The van der Waals surface area contributed by atoms with Gasteiger partial charge in [-0.3, -0.25) is 5.43 Å². The van der Waals surface area contributed by atoms with Crippen molar-refractivity contribution >= 4 is 34.4 Å². The molecule has 0 saturated carbocycles. The van der Waals surface area contributed by atoms with Crippen LogP contribution in [0.5, 0.6) is 0 Å². The molecule has 0 amide bonds. The highest BCUT2D eigenvalue weighted by molar-refractivity contribution is 7.80. The van der Waals surface area contributed by atoms with E-state index >= 15 is 0 Å². The van der Waals surface area contributed by atoms with Crippen molar-refractivity contribution in [3.63, 3.8) is 0 Å². The number of benzene rings is 1. The molecule has 5 heteroatoms. The maximum Gasteiger partial charge on any atom is 0.184 e. The number of hydrogen-bond donors (Lipinski definition) is 2. The Bertz CT molecular complexity index is 613. The van der Waals surface area contributed by atoms with Gasteiger partial charge in [0.15, 0.2) is 5.11 Å². The first kappa shape index (κ1) is 12.6. The molecule has 1 aromatic heterocycles. The van der Waals surface area contributed by atoms with Crippen LogP contribution in [-0.2, 0) is 6.54 Å². The lowest BCUT2D eigenvalue weighted by Gasteiger charge is -2.03. The van der Waals surface area contributed by atoms with Crippen molar-refractivity contribution in [1.29, 1.82) is 0 Å². The van der Waals surface area contributed by atoms with Crippen LogP contribution in [0.25, 0.3) is 10.9 Å². The number of hydrogen-bond acceptors (Lipinski definition) is 2. The van der Waals surface area contributed by atoms with Gasteiger partial charge in [0.2, 0.25) is 0 Å². The van der Waals surface area contributed by atoms with E-state index in [1.807, 2.05) is 12.1 Å². The van der Waals surface area contributed by atoms with Crippen LogP contribution >= 0.6 is 12.2 Å². The Hall–Kier alpha value is -1.88. The van der Waals surface area contributed by atoms with Crippen LogP contribution in [0.2, 0.25) is 0 Å². The number of nitrogens with two attached hydrogens (primary N) is 1. The summed E-state index contributed by atoms with van der Waals surface area (Å²) in [5, 5.41) is 5.40. The Morgan fingerprint density at radius 2 is 2.22 bits per heavy atom. The lowest BCUT2D eigenvalue weighted by Crippen LogP contribution is -2.24. The molecule has 2 aromatic rings. The van der Waals surface area contributed by atoms with Crippen LogP contribution in [0.3, 0.4) is 0 Å². The Kier molecular flexibility index (Phi) is 3.62. The normalized spacial score (nSPS) is 11.2. The predicted molar refractivity (Wildman–Crippen MR) is 79.9 cm³/mol. The van der Waals surface area contributed by atoms with E-state index in [4.69, 9.17) is 18.0 Å². The first-order valence-electron chi connectivity index (χ1n) is 5.81. The number of para-hydroxylation sites is 1. The average molecular weight is 260 g/mol. The van der Waals surface area contributed by atoms with Gasteiger partial charge in [0.25, 0.3) is 0 Å². The second kappa shape index (κ2) is 5.18. The van der Waals surface area contributed by atoms with Crippen molar-refractivity contribution in [1.82, 2.24) is 9.99 Å². The minimum atomic E-state index is 0.170. The number of thiocarbonyl (C=S) groups is 1. The standard InChI is InChI=1S/C13H16N4S/c1-3-17-9(2)11(8-15-16-13(14)18)10-6-4-5-7-12(10)17/h4-8H,3H2,1-2H3,(H3,14,16,18)/b15-8-. The Balaban J connectivity index is 2.52. The van der Waals surface area contributed by atoms with Gasteiger partial charge in [-0.25, -0.2) is 0 Å². The third-order valence-corrected chi connectivity index (χ3v) is 3.06. The molecule has 1 heterocycles. The van der Waals surface area contributed by atoms with Crippen LogP contribution in [0.15, 0.2) is 29.4 Å². The van der Waals surface area contributed by atoms with Gasteiger partial charge >= 0.3 is 0 Å². The van der Waals surface area contributed by atoms with Gasteiger partial charge in [-0.15, -0.1) is 0 Å². The van der Waals surface area contributed by atoms with E-state index in [1.54, 1.807) is 6.21 Å². The number of hydrazone groups is 1. The number of fused-ring (bicyclic) bond motifs is 1. The van der Waals surface area contributed by atoms with E-state index in [0.29, 0.717) is 0 Å². The molecule has 94 valence electrons. The molecule has 0 atom stereocenters. The number of aryl methyl sites for hydroxylation is 1. The monoisotopic (exact) mass is 260 g/mol. The molecule has 0 aliphatic heterocycles. The van der Waals surface area contributed by atoms with Crippen LogP contribution in [0.1, 0.15) is 18.2 Å². The summed E-state index contributed by atoms with van der Waals surface area (Å²) in [7, 11) is 0. The minimum Gasteiger partial charge on any atom is -0.375 e. The highest BCUT2D eigenvalue weighted by Gasteiger charge is 2.10. The molecule has 0 saturated heterocycles. The third-order valence-electron chi connectivity index (χ3n) is 2.96. The lowest BCUT2D eigenvalue weighted by molar-refractivity contribution is 0.769. The fourth-order valence-electron chi connectivity index (χ4n) is 2.19. The fourth-order valence-corrected chi connectivity index (χ4v) is 2.24. The van der Waals surface area contributed by atoms with Gasteiger partial charge < -0.3 is 10.3 Å². The van der Waals surface area contributed by atoms with Gasteiger partial charge in [-0.1, -0.05) is 18.2 Å². The molecule has 0 fully saturated rings. The SMILES string of the molecule is CCn1c(C)c(/C=N\NC(N)=S)c2ccccc21. The molecule has 0 unspecified atom stereocenters. The van der Waals surface area contributed by atoms with E-state index in [1.165, 1.54) is 16.6 Å². The summed E-state index contributed by atoms with van der Waals surface area (Å²) in [5.41, 5.74) is 11.4.